The maximum atomic E-state index is 12.9. The number of sulfonamides is 1. The van der Waals surface area contributed by atoms with Crippen molar-refractivity contribution < 1.29 is 13.2 Å². The molecule has 6 heteroatoms. The van der Waals surface area contributed by atoms with Crippen molar-refractivity contribution in [2.45, 2.75) is 36.6 Å². The lowest BCUT2D eigenvalue weighted by molar-refractivity contribution is 0.0736. The lowest BCUT2D eigenvalue weighted by Crippen LogP contribution is -2.35. The van der Waals surface area contributed by atoms with Gasteiger partial charge in [0, 0.05) is 13.1 Å². The summed E-state index contributed by atoms with van der Waals surface area (Å²) in [7, 11) is -1.94. The molecule has 1 aliphatic carbocycles. The minimum Gasteiger partial charge on any atom is -0.339 e. The molecular weight excluding hydrogens is 336 g/mol. The van der Waals surface area contributed by atoms with Gasteiger partial charge >= 0.3 is 0 Å². The second-order valence-corrected chi connectivity index (χ2v) is 8.00. The van der Waals surface area contributed by atoms with Gasteiger partial charge in [0.2, 0.25) is 0 Å². The summed E-state index contributed by atoms with van der Waals surface area (Å²) in [4.78, 5) is 14.8. The van der Waals surface area contributed by atoms with Gasteiger partial charge in [-0.3, -0.25) is 9.52 Å². The summed E-state index contributed by atoms with van der Waals surface area (Å²) in [5, 5.41) is 0. The second kappa shape index (κ2) is 7.27. The zero-order valence-corrected chi connectivity index (χ0v) is 15.0. The van der Waals surface area contributed by atoms with E-state index in [1.54, 1.807) is 54.4 Å². The van der Waals surface area contributed by atoms with E-state index in [9.17, 15) is 13.2 Å². The van der Waals surface area contributed by atoms with E-state index in [2.05, 4.69) is 4.72 Å². The lowest BCUT2D eigenvalue weighted by atomic mass is 10.1. The van der Waals surface area contributed by atoms with Crippen LogP contribution in [0.5, 0.6) is 0 Å². The van der Waals surface area contributed by atoms with Gasteiger partial charge in [-0.25, -0.2) is 8.42 Å². The average molecular weight is 358 g/mol. The molecular formula is C19H22N2O3S. The van der Waals surface area contributed by atoms with Crippen molar-refractivity contribution in [3.63, 3.8) is 0 Å². The van der Waals surface area contributed by atoms with Crippen molar-refractivity contribution in [1.82, 2.24) is 4.90 Å². The fourth-order valence-electron chi connectivity index (χ4n) is 3.21. The Labute approximate surface area is 148 Å². The van der Waals surface area contributed by atoms with Crippen LogP contribution in [0.2, 0.25) is 0 Å². The molecule has 25 heavy (non-hydrogen) atoms. The fraction of sp³-hybridized carbons (Fsp3) is 0.316. The zero-order chi connectivity index (χ0) is 17.9. The number of nitrogens with one attached hydrogen (secondary N) is 1. The van der Waals surface area contributed by atoms with Gasteiger partial charge in [0.1, 0.15) is 0 Å². The Morgan fingerprint density at radius 3 is 2.28 bits per heavy atom. The summed E-state index contributed by atoms with van der Waals surface area (Å²) < 4.78 is 27.7. The van der Waals surface area contributed by atoms with Crippen LogP contribution in [0.3, 0.4) is 0 Å². The quantitative estimate of drug-likeness (QED) is 0.889. The van der Waals surface area contributed by atoms with Crippen molar-refractivity contribution in [2.24, 2.45) is 0 Å². The van der Waals surface area contributed by atoms with E-state index in [0.29, 0.717) is 11.3 Å². The highest BCUT2D eigenvalue weighted by molar-refractivity contribution is 7.92. The first-order valence-corrected chi connectivity index (χ1v) is 9.91. The number of carbonyl (C=O) groups is 1. The lowest BCUT2D eigenvalue weighted by Gasteiger charge is -2.25. The molecule has 0 radical (unpaired) electrons. The fourth-order valence-corrected chi connectivity index (χ4v) is 4.31. The summed E-state index contributed by atoms with van der Waals surface area (Å²) in [5.41, 5.74) is 0.678. The van der Waals surface area contributed by atoms with Crippen molar-refractivity contribution >= 4 is 21.6 Å². The van der Waals surface area contributed by atoms with Gasteiger partial charge in [-0.2, -0.15) is 0 Å². The number of nitrogens with zero attached hydrogens (tertiary/aromatic N) is 1. The molecule has 0 atom stereocenters. The van der Waals surface area contributed by atoms with Crippen molar-refractivity contribution in [3.05, 3.63) is 60.2 Å². The summed E-state index contributed by atoms with van der Waals surface area (Å²) in [5.74, 6) is -0.154. The number of anilines is 1. The topological polar surface area (TPSA) is 66.5 Å². The van der Waals surface area contributed by atoms with Crippen LogP contribution in [0.15, 0.2) is 59.5 Å². The van der Waals surface area contributed by atoms with Crippen LogP contribution >= 0.6 is 0 Å². The molecule has 0 spiro atoms. The highest BCUT2D eigenvalue weighted by Crippen LogP contribution is 2.26. The molecule has 132 valence electrons. The zero-order valence-electron chi connectivity index (χ0n) is 14.2. The first kappa shape index (κ1) is 17.5. The Morgan fingerprint density at radius 1 is 1.00 bits per heavy atom. The Hall–Kier alpha value is -2.34. The van der Waals surface area contributed by atoms with Crippen LogP contribution in [-0.2, 0) is 10.0 Å². The highest BCUT2D eigenvalue weighted by atomic mass is 32.2. The molecule has 0 aromatic heterocycles. The van der Waals surface area contributed by atoms with Crippen LogP contribution in [0.1, 0.15) is 36.0 Å². The van der Waals surface area contributed by atoms with E-state index in [1.165, 1.54) is 12.1 Å². The Morgan fingerprint density at radius 2 is 1.60 bits per heavy atom. The number of rotatable bonds is 5. The largest absolute Gasteiger partial charge is 0.339 e. The molecule has 0 unspecified atom stereocenters. The van der Waals surface area contributed by atoms with E-state index >= 15 is 0 Å². The van der Waals surface area contributed by atoms with E-state index < -0.39 is 10.0 Å². The number of hydrogen-bond acceptors (Lipinski definition) is 3. The highest BCUT2D eigenvalue weighted by Gasteiger charge is 2.26. The maximum Gasteiger partial charge on any atom is 0.261 e. The smallest absolute Gasteiger partial charge is 0.261 e. The third-order valence-corrected chi connectivity index (χ3v) is 6.03. The normalized spacial score (nSPS) is 15.1. The molecule has 0 saturated heterocycles. The van der Waals surface area contributed by atoms with Gasteiger partial charge in [-0.15, -0.1) is 0 Å². The van der Waals surface area contributed by atoms with Gasteiger partial charge in [0.15, 0.2) is 0 Å². The summed E-state index contributed by atoms with van der Waals surface area (Å²) >= 11 is 0. The van der Waals surface area contributed by atoms with Crippen molar-refractivity contribution in [2.75, 3.05) is 11.8 Å². The minimum absolute atomic E-state index is 0.154. The number of carbonyl (C=O) groups excluding carboxylic acids is 1. The summed E-state index contributed by atoms with van der Waals surface area (Å²) in [6.45, 7) is 0. The molecule has 3 rings (SSSR count). The molecule has 1 saturated carbocycles. The molecule has 1 N–H and O–H groups in total. The van der Waals surface area contributed by atoms with Crippen LogP contribution in [0.4, 0.5) is 5.69 Å². The van der Waals surface area contributed by atoms with E-state index in [1.807, 2.05) is 0 Å². The molecule has 2 aromatic carbocycles. The Bertz CT molecular complexity index is 844. The van der Waals surface area contributed by atoms with Gasteiger partial charge < -0.3 is 4.90 Å². The Kier molecular flexibility index (Phi) is 5.08. The number of benzene rings is 2. The van der Waals surface area contributed by atoms with Gasteiger partial charge in [-0.05, 0) is 37.1 Å². The van der Waals surface area contributed by atoms with E-state index in [-0.39, 0.29) is 16.8 Å². The molecule has 0 heterocycles. The first-order chi connectivity index (χ1) is 12.0. The molecule has 1 amide bonds. The average Bonchev–Trinajstić information content (AvgIpc) is 3.16. The van der Waals surface area contributed by atoms with Gasteiger partial charge in [0.05, 0.1) is 16.1 Å². The number of para-hydroxylation sites is 1. The third-order valence-electron chi connectivity index (χ3n) is 4.65. The minimum atomic E-state index is -3.73. The van der Waals surface area contributed by atoms with Crippen molar-refractivity contribution in [1.29, 1.82) is 0 Å². The van der Waals surface area contributed by atoms with E-state index in [0.717, 1.165) is 25.7 Å². The molecule has 0 aliphatic heterocycles. The second-order valence-electron chi connectivity index (χ2n) is 6.32. The standard InChI is InChI=1S/C19H22N2O3S/c1-21(15-9-5-6-10-15)19(22)17-13-7-8-14-18(17)20-25(23,24)16-11-3-2-4-12-16/h2-4,7-8,11-15,20H,5-6,9-10H2,1H3. The van der Waals surface area contributed by atoms with Crippen molar-refractivity contribution in [3.8, 4) is 0 Å². The number of amides is 1. The van der Waals surface area contributed by atoms with Gasteiger partial charge in [0.25, 0.3) is 15.9 Å². The van der Waals surface area contributed by atoms with Crippen LogP contribution in [0.25, 0.3) is 0 Å². The van der Waals surface area contributed by atoms with Gasteiger partial charge in [-0.1, -0.05) is 43.2 Å². The molecule has 0 bridgehead atoms. The van der Waals surface area contributed by atoms with Crippen LogP contribution in [-0.4, -0.2) is 32.3 Å². The number of hydrogen-bond donors (Lipinski definition) is 1. The molecule has 2 aromatic rings. The molecule has 1 aliphatic rings. The summed E-state index contributed by atoms with van der Waals surface area (Å²) in [6.07, 6.45) is 4.26. The maximum absolute atomic E-state index is 12.9. The predicted molar refractivity (Wildman–Crippen MR) is 98.0 cm³/mol. The first-order valence-electron chi connectivity index (χ1n) is 8.43. The van der Waals surface area contributed by atoms with E-state index in [4.69, 9.17) is 0 Å². The monoisotopic (exact) mass is 358 g/mol. The SMILES string of the molecule is CN(C(=O)c1ccccc1NS(=O)(=O)c1ccccc1)C1CCCC1. The third kappa shape index (κ3) is 3.85. The van der Waals surface area contributed by atoms with Crippen LogP contribution < -0.4 is 4.72 Å². The molecule has 5 nitrogen and oxygen atoms in total. The predicted octanol–water partition coefficient (Wildman–Crippen LogP) is 3.50. The summed E-state index contributed by atoms with van der Waals surface area (Å²) in [6, 6.07) is 15.1. The Balaban J connectivity index is 1.87. The molecule has 1 fully saturated rings. The van der Waals surface area contributed by atoms with Crippen LogP contribution in [0, 0.1) is 0 Å².